The van der Waals surface area contributed by atoms with Crippen LogP contribution in [-0.4, -0.2) is 55.8 Å². The third kappa shape index (κ3) is 4.30. The van der Waals surface area contributed by atoms with Gasteiger partial charge in [0.2, 0.25) is 5.91 Å². The van der Waals surface area contributed by atoms with E-state index in [1.54, 1.807) is 0 Å². The van der Waals surface area contributed by atoms with E-state index >= 15 is 0 Å². The Balaban J connectivity index is 1.42. The van der Waals surface area contributed by atoms with Crippen LogP contribution in [0.1, 0.15) is 5.56 Å². The summed E-state index contributed by atoms with van der Waals surface area (Å²) in [6, 6.07) is 13.9. The minimum absolute atomic E-state index is 0.0908. The number of rotatable bonds is 5. The first-order chi connectivity index (χ1) is 14.1. The van der Waals surface area contributed by atoms with E-state index in [-0.39, 0.29) is 12.5 Å². The highest BCUT2D eigenvalue weighted by molar-refractivity contribution is 5.97. The van der Waals surface area contributed by atoms with Gasteiger partial charge in [-0.1, -0.05) is 12.1 Å². The SMILES string of the molecule is Cc1cccc2ncnc(N(C)CC(=O)Nc3ccc(N4CCOCC4)cc3)c12. The van der Waals surface area contributed by atoms with Crippen LogP contribution in [0, 0.1) is 6.92 Å². The summed E-state index contributed by atoms with van der Waals surface area (Å²) in [5.41, 5.74) is 3.89. The molecule has 0 saturated carbocycles. The average molecular weight is 391 g/mol. The standard InChI is InChI=1S/C22H25N5O2/c1-16-4-3-5-19-21(16)22(24-15-23-19)26(2)14-20(28)25-17-6-8-18(9-7-17)27-10-12-29-13-11-27/h3-9,15H,10-14H2,1-2H3,(H,25,28). The monoisotopic (exact) mass is 391 g/mol. The molecule has 1 N–H and O–H groups in total. The molecule has 4 rings (SSSR count). The van der Waals surface area contributed by atoms with Gasteiger partial charge in [-0.25, -0.2) is 9.97 Å². The van der Waals surface area contributed by atoms with Gasteiger partial charge in [0.1, 0.15) is 12.1 Å². The van der Waals surface area contributed by atoms with Gasteiger partial charge in [0, 0.05) is 36.9 Å². The van der Waals surface area contributed by atoms with Crippen LogP contribution in [-0.2, 0) is 9.53 Å². The number of likely N-dealkylation sites (N-methyl/N-ethyl adjacent to an activating group) is 1. The molecule has 2 aromatic carbocycles. The second-order valence-electron chi connectivity index (χ2n) is 7.22. The van der Waals surface area contributed by atoms with Crippen molar-refractivity contribution in [1.29, 1.82) is 0 Å². The fourth-order valence-electron chi connectivity index (χ4n) is 3.62. The first-order valence-corrected chi connectivity index (χ1v) is 9.76. The molecule has 1 aliphatic rings. The number of fused-ring (bicyclic) bond motifs is 1. The lowest BCUT2D eigenvalue weighted by atomic mass is 10.1. The van der Waals surface area contributed by atoms with E-state index in [0.717, 1.165) is 60.0 Å². The number of aryl methyl sites for hydroxylation is 1. The number of carbonyl (C=O) groups is 1. The maximum Gasteiger partial charge on any atom is 0.243 e. The zero-order chi connectivity index (χ0) is 20.2. The molecule has 0 aliphatic carbocycles. The lowest BCUT2D eigenvalue weighted by Crippen LogP contribution is -2.36. The summed E-state index contributed by atoms with van der Waals surface area (Å²) >= 11 is 0. The molecule has 1 aliphatic heterocycles. The molecule has 0 spiro atoms. The Kier molecular flexibility index (Phi) is 5.57. The van der Waals surface area contributed by atoms with Crippen molar-refractivity contribution in [3.05, 3.63) is 54.4 Å². The Bertz CT molecular complexity index is 995. The Morgan fingerprint density at radius 3 is 2.66 bits per heavy atom. The van der Waals surface area contributed by atoms with Crippen molar-refractivity contribution in [2.75, 3.05) is 55.0 Å². The Morgan fingerprint density at radius 2 is 1.90 bits per heavy atom. The lowest BCUT2D eigenvalue weighted by Gasteiger charge is -2.29. The molecule has 0 bridgehead atoms. The molecule has 2 heterocycles. The number of nitrogens with one attached hydrogen (secondary N) is 1. The smallest absolute Gasteiger partial charge is 0.243 e. The van der Waals surface area contributed by atoms with Crippen LogP contribution in [0.2, 0.25) is 0 Å². The second-order valence-corrected chi connectivity index (χ2v) is 7.22. The van der Waals surface area contributed by atoms with Gasteiger partial charge in [-0.2, -0.15) is 0 Å². The first-order valence-electron chi connectivity index (χ1n) is 9.76. The molecular weight excluding hydrogens is 366 g/mol. The number of hydrogen-bond donors (Lipinski definition) is 1. The molecule has 1 saturated heterocycles. The van der Waals surface area contributed by atoms with Gasteiger partial charge >= 0.3 is 0 Å². The molecule has 0 atom stereocenters. The number of anilines is 3. The molecule has 7 nitrogen and oxygen atoms in total. The molecule has 3 aromatic rings. The summed E-state index contributed by atoms with van der Waals surface area (Å²) in [6.45, 7) is 5.51. The first kappa shape index (κ1) is 19.1. The van der Waals surface area contributed by atoms with Crippen LogP contribution in [0.4, 0.5) is 17.2 Å². The van der Waals surface area contributed by atoms with E-state index < -0.39 is 0 Å². The molecule has 0 radical (unpaired) electrons. The van der Waals surface area contributed by atoms with Crippen molar-refractivity contribution in [2.24, 2.45) is 0 Å². The minimum Gasteiger partial charge on any atom is -0.378 e. The van der Waals surface area contributed by atoms with Crippen LogP contribution in [0.3, 0.4) is 0 Å². The molecular formula is C22H25N5O2. The van der Waals surface area contributed by atoms with E-state index in [4.69, 9.17) is 4.74 Å². The summed E-state index contributed by atoms with van der Waals surface area (Å²) in [7, 11) is 1.87. The van der Waals surface area contributed by atoms with Gasteiger partial charge in [-0.3, -0.25) is 4.79 Å². The van der Waals surface area contributed by atoms with Gasteiger partial charge in [0.25, 0.3) is 0 Å². The van der Waals surface area contributed by atoms with Crippen LogP contribution in [0.15, 0.2) is 48.8 Å². The van der Waals surface area contributed by atoms with Gasteiger partial charge in [0.05, 0.1) is 25.3 Å². The van der Waals surface area contributed by atoms with Crippen molar-refractivity contribution in [2.45, 2.75) is 6.92 Å². The number of carbonyl (C=O) groups excluding carboxylic acids is 1. The minimum atomic E-state index is -0.0908. The van der Waals surface area contributed by atoms with Crippen molar-refractivity contribution in [3.8, 4) is 0 Å². The predicted octanol–water partition coefficient (Wildman–Crippen LogP) is 2.85. The van der Waals surface area contributed by atoms with Crippen LogP contribution in [0.5, 0.6) is 0 Å². The zero-order valence-electron chi connectivity index (χ0n) is 16.8. The van der Waals surface area contributed by atoms with Crippen molar-refractivity contribution in [1.82, 2.24) is 9.97 Å². The maximum atomic E-state index is 12.6. The van der Waals surface area contributed by atoms with Crippen LogP contribution >= 0.6 is 0 Å². The van der Waals surface area contributed by atoms with Crippen molar-refractivity contribution >= 4 is 34.0 Å². The number of aromatic nitrogens is 2. The summed E-state index contributed by atoms with van der Waals surface area (Å²) in [6.07, 6.45) is 1.54. The predicted molar refractivity (Wildman–Crippen MR) is 116 cm³/mol. The number of hydrogen-bond acceptors (Lipinski definition) is 6. The lowest BCUT2D eigenvalue weighted by molar-refractivity contribution is -0.114. The number of nitrogens with zero attached hydrogens (tertiary/aromatic N) is 4. The zero-order valence-corrected chi connectivity index (χ0v) is 16.8. The van der Waals surface area contributed by atoms with E-state index in [9.17, 15) is 4.79 Å². The van der Waals surface area contributed by atoms with Gasteiger partial charge in [0.15, 0.2) is 0 Å². The molecule has 0 unspecified atom stereocenters. The third-order valence-corrected chi connectivity index (χ3v) is 5.12. The van der Waals surface area contributed by atoms with E-state index in [2.05, 4.69) is 20.2 Å². The Labute approximate surface area is 170 Å². The Morgan fingerprint density at radius 1 is 1.14 bits per heavy atom. The quantitative estimate of drug-likeness (QED) is 0.721. The Hall–Kier alpha value is -3.19. The van der Waals surface area contributed by atoms with E-state index in [0.29, 0.717) is 0 Å². The molecule has 1 aromatic heterocycles. The fraction of sp³-hybridized carbons (Fsp3) is 0.318. The fourth-order valence-corrected chi connectivity index (χ4v) is 3.62. The molecule has 150 valence electrons. The van der Waals surface area contributed by atoms with Gasteiger partial charge in [-0.05, 0) is 42.8 Å². The van der Waals surface area contributed by atoms with Crippen LogP contribution < -0.4 is 15.1 Å². The maximum absolute atomic E-state index is 12.6. The van der Waals surface area contributed by atoms with Crippen molar-refractivity contribution in [3.63, 3.8) is 0 Å². The summed E-state index contributed by atoms with van der Waals surface area (Å²) in [4.78, 5) is 25.5. The largest absolute Gasteiger partial charge is 0.378 e. The van der Waals surface area contributed by atoms with Gasteiger partial charge < -0.3 is 19.9 Å². The molecule has 1 fully saturated rings. The number of amides is 1. The highest BCUT2D eigenvalue weighted by Crippen LogP contribution is 2.25. The normalized spacial score (nSPS) is 14.1. The third-order valence-electron chi connectivity index (χ3n) is 5.12. The molecule has 7 heteroatoms. The summed E-state index contributed by atoms with van der Waals surface area (Å²) < 4.78 is 5.39. The van der Waals surface area contributed by atoms with Gasteiger partial charge in [-0.15, -0.1) is 0 Å². The van der Waals surface area contributed by atoms with E-state index in [1.165, 1.54) is 6.33 Å². The average Bonchev–Trinajstić information content (AvgIpc) is 2.74. The number of morpholine rings is 1. The molecule has 1 amide bonds. The van der Waals surface area contributed by atoms with E-state index in [1.807, 2.05) is 61.3 Å². The highest BCUT2D eigenvalue weighted by Gasteiger charge is 2.15. The molecule has 29 heavy (non-hydrogen) atoms. The topological polar surface area (TPSA) is 70.6 Å². The van der Waals surface area contributed by atoms with Crippen molar-refractivity contribution < 1.29 is 9.53 Å². The highest BCUT2D eigenvalue weighted by atomic mass is 16.5. The second kappa shape index (κ2) is 8.45. The summed E-state index contributed by atoms with van der Waals surface area (Å²) in [5.74, 6) is 0.665. The number of ether oxygens (including phenoxy) is 1. The van der Waals surface area contributed by atoms with Crippen LogP contribution in [0.25, 0.3) is 10.9 Å². The summed E-state index contributed by atoms with van der Waals surface area (Å²) in [5, 5.41) is 3.94. The number of benzene rings is 2.